The van der Waals surface area contributed by atoms with Gasteiger partial charge in [-0.1, -0.05) is 35.4 Å². The van der Waals surface area contributed by atoms with Crippen LogP contribution in [-0.2, 0) is 9.47 Å². The molecule has 4 nitrogen and oxygen atoms in total. The first-order valence-corrected chi connectivity index (χ1v) is 8.17. The van der Waals surface area contributed by atoms with Gasteiger partial charge >= 0.3 is 6.16 Å². The van der Waals surface area contributed by atoms with Crippen molar-refractivity contribution in [3.63, 3.8) is 0 Å². The quantitative estimate of drug-likeness (QED) is 0.251. The molecule has 0 N–H and O–H groups in total. The summed E-state index contributed by atoms with van der Waals surface area (Å²) in [5.41, 5.74) is 0. The van der Waals surface area contributed by atoms with Crippen molar-refractivity contribution in [1.82, 2.24) is 0 Å². The van der Waals surface area contributed by atoms with E-state index in [0.717, 1.165) is 17.7 Å². The molecule has 7 heteroatoms. The molecule has 94 valence electrons. The summed E-state index contributed by atoms with van der Waals surface area (Å²) in [6.45, 7) is 4.48. The van der Waals surface area contributed by atoms with Gasteiger partial charge in [-0.05, 0) is 23.9 Å². The zero-order valence-corrected chi connectivity index (χ0v) is 12.3. The molecule has 0 saturated carbocycles. The van der Waals surface area contributed by atoms with Crippen LogP contribution in [0.3, 0.4) is 0 Å². The van der Waals surface area contributed by atoms with Crippen LogP contribution < -0.4 is 0 Å². The predicted molar refractivity (Wildman–Crippen MR) is 72.4 cm³/mol. The Bertz CT molecular complexity index is 207. The van der Waals surface area contributed by atoms with E-state index < -0.39 is 6.16 Å². The van der Waals surface area contributed by atoms with Crippen LogP contribution in [0.25, 0.3) is 0 Å². The molecule has 0 amide bonds. The Morgan fingerprint density at radius 1 is 1.50 bits per heavy atom. The fourth-order valence-corrected chi connectivity index (χ4v) is 2.21. The molecule has 0 aliphatic heterocycles. The highest BCUT2D eigenvalue weighted by atomic mass is 33.1. The Labute approximate surface area is 109 Å². The Kier molecular flexibility index (Phi) is 16.8. The van der Waals surface area contributed by atoms with Gasteiger partial charge in [-0.25, -0.2) is 4.79 Å². The van der Waals surface area contributed by atoms with Crippen molar-refractivity contribution in [3.8, 4) is 5.40 Å². The third-order valence-corrected chi connectivity index (χ3v) is 3.50. The van der Waals surface area contributed by atoms with Crippen LogP contribution in [-0.4, -0.2) is 31.2 Å². The van der Waals surface area contributed by atoms with E-state index in [1.54, 1.807) is 5.40 Å². The molecule has 0 unspecified atom stereocenters. The number of thioether (sulfide) groups is 1. The smallest absolute Gasteiger partial charge is 0.438 e. The molecule has 0 spiro atoms. The SMILES string of the molecule is COC(=O)OCSC#N.CSSCC(C)C. The molecule has 16 heavy (non-hydrogen) atoms. The average molecular weight is 283 g/mol. The first kappa shape index (κ1) is 18.2. The van der Waals surface area contributed by atoms with Crippen LogP contribution in [0.5, 0.6) is 0 Å². The highest BCUT2D eigenvalue weighted by Crippen LogP contribution is 2.19. The Morgan fingerprint density at radius 2 is 2.12 bits per heavy atom. The summed E-state index contributed by atoms with van der Waals surface area (Å²) in [4.78, 5) is 10.1. The minimum Gasteiger partial charge on any atom is -0.438 e. The molecule has 0 aromatic rings. The molecule has 0 fully saturated rings. The maximum Gasteiger partial charge on any atom is 0.508 e. The van der Waals surface area contributed by atoms with Gasteiger partial charge in [-0.15, -0.1) is 0 Å². The van der Waals surface area contributed by atoms with Crippen molar-refractivity contribution in [3.05, 3.63) is 0 Å². The van der Waals surface area contributed by atoms with Crippen molar-refractivity contribution in [1.29, 1.82) is 5.26 Å². The first-order chi connectivity index (χ1) is 7.58. The molecule has 0 aromatic carbocycles. The van der Waals surface area contributed by atoms with E-state index in [1.807, 2.05) is 21.6 Å². The zero-order valence-electron chi connectivity index (χ0n) is 9.89. The van der Waals surface area contributed by atoms with Gasteiger partial charge in [0.25, 0.3) is 0 Å². The van der Waals surface area contributed by atoms with E-state index in [1.165, 1.54) is 12.9 Å². The van der Waals surface area contributed by atoms with Gasteiger partial charge in [0.15, 0.2) is 5.94 Å². The highest BCUT2D eigenvalue weighted by Gasteiger charge is 1.97. The van der Waals surface area contributed by atoms with Crippen molar-refractivity contribution in [2.75, 3.05) is 25.1 Å². The normalized spacial score (nSPS) is 8.75. The molecule has 0 aromatic heterocycles. The summed E-state index contributed by atoms with van der Waals surface area (Å²) in [7, 11) is 4.99. The second-order valence-electron chi connectivity index (χ2n) is 2.80. The standard InChI is InChI=1S/C5H12S2.C4H5NO3S/c1-5(2)4-7-6-3;1-7-4(6)8-3-9-2-5/h5H,4H2,1-3H3;3H2,1H3. The van der Waals surface area contributed by atoms with Gasteiger partial charge < -0.3 is 9.47 Å². The monoisotopic (exact) mass is 283 g/mol. The predicted octanol–water partition coefficient (Wildman–Crippen LogP) is 3.59. The number of nitrogens with zero attached hydrogens (tertiary/aromatic N) is 1. The number of carbonyl (C=O) groups is 1. The van der Waals surface area contributed by atoms with Crippen molar-refractivity contribution in [2.45, 2.75) is 13.8 Å². The van der Waals surface area contributed by atoms with Gasteiger partial charge in [0, 0.05) is 5.75 Å². The molecule has 0 atom stereocenters. The second kappa shape index (κ2) is 14.8. The maximum atomic E-state index is 10.1. The van der Waals surface area contributed by atoms with E-state index in [0.29, 0.717) is 0 Å². The molecule has 0 heterocycles. The molecule has 0 radical (unpaired) electrons. The summed E-state index contributed by atoms with van der Waals surface area (Å²) in [6, 6.07) is 0. The van der Waals surface area contributed by atoms with Gasteiger partial charge in [0.1, 0.15) is 5.40 Å². The fraction of sp³-hybridized carbons (Fsp3) is 0.778. The number of hydrogen-bond acceptors (Lipinski definition) is 7. The first-order valence-electron chi connectivity index (χ1n) is 4.45. The summed E-state index contributed by atoms with van der Waals surface area (Å²) in [6.07, 6.45) is 1.35. The largest absolute Gasteiger partial charge is 0.508 e. The van der Waals surface area contributed by atoms with E-state index in [-0.39, 0.29) is 5.94 Å². The number of methoxy groups -OCH3 is 1. The molecular weight excluding hydrogens is 266 g/mol. The fourth-order valence-electron chi connectivity index (χ4n) is 0.367. The minimum absolute atomic E-state index is 0.0170. The third kappa shape index (κ3) is 19.4. The Hall–Kier alpha value is -0.190. The number of nitriles is 1. The lowest BCUT2D eigenvalue weighted by molar-refractivity contribution is 0.0881. The van der Waals surface area contributed by atoms with Gasteiger partial charge in [-0.3, -0.25) is 0 Å². The lowest BCUT2D eigenvalue weighted by atomic mass is 10.3. The topological polar surface area (TPSA) is 59.3 Å². The summed E-state index contributed by atoms with van der Waals surface area (Å²) >= 11 is 0.834. The molecule has 0 saturated heterocycles. The van der Waals surface area contributed by atoms with Crippen LogP contribution in [0.4, 0.5) is 4.79 Å². The number of thiocyanates is 1. The number of carbonyl (C=O) groups excluding carboxylic acids is 1. The highest BCUT2D eigenvalue weighted by molar-refractivity contribution is 8.76. The van der Waals surface area contributed by atoms with Crippen LogP contribution in [0.2, 0.25) is 0 Å². The van der Waals surface area contributed by atoms with E-state index in [2.05, 4.69) is 29.6 Å². The molecule has 0 bridgehead atoms. The number of hydrogen-bond donors (Lipinski definition) is 0. The summed E-state index contributed by atoms with van der Waals surface area (Å²) in [5, 5.41) is 9.66. The average Bonchev–Trinajstić information content (AvgIpc) is 2.27. The van der Waals surface area contributed by atoms with Crippen molar-refractivity contribution >= 4 is 39.5 Å². The molecule has 0 aliphatic rings. The van der Waals surface area contributed by atoms with Crippen molar-refractivity contribution < 1.29 is 14.3 Å². The van der Waals surface area contributed by atoms with E-state index in [4.69, 9.17) is 5.26 Å². The zero-order chi connectivity index (χ0) is 12.8. The van der Waals surface area contributed by atoms with E-state index in [9.17, 15) is 4.79 Å². The lowest BCUT2D eigenvalue weighted by Crippen LogP contribution is -2.02. The molecular formula is C9H17NO3S3. The maximum absolute atomic E-state index is 10.1. The van der Waals surface area contributed by atoms with E-state index >= 15 is 0 Å². The minimum atomic E-state index is -0.766. The number of ether oxygens (including phenoxy) is 2. The third-order valence-electron chi connectivity index (χ3n) is 0.986. The number of rotatable bonds is 5. The molecule has 0 aliphatic carbocycles. The summed E-state index contributed by atoms with van der Waals surface area (Å²) < 4.78 is 8.42. The van der Waals surface area contributed by atoms with Crippen LogP contribution >= 0.6 is 33.3 Å². The van der Waals surface area contributed by atoms with Crippen LogP contribution in [0, 0.1) is 16.6 Å². The van der Waals surface area contributed by atoms with Gasteiger partial charge in [0.2, 0.25) is 0 Å². The second-order valence-corrected chi connectivity index (χ2v) is 6.11. The summed E-state index contributed by atoms with van der Waals surface area (Å²) in [5.74, 6) is 2.14. The van der Waals surface area contributed by atoms with Gasteiger partial charge in [0.05, 0.1) is 7.11 Å². The van der Waals surface area contributed by atoms with Crippen LogP contribution in [0.1, 0.15) is 13.8 Å². The Morgan fingerprint density at radius 3 is 2.44 bits per heavy atom. The van der Waals surface area contributed by atoms with Crippen molar-refractivity contribution in [2.24, 2.45) is 5.92 Å². The Balaban J connectivity index is 0. The molecule has 0 rings (SSSR count). The van der Waals surface area contributed by atoms with Crippen LogP contribution in [0.15, 0.2) is 0 Å². The lowest BCUT2D eigenvalue weighted by Gasteiger charge is -1.98. The van der Waals surface area contributed by atoms with Gasteiger partial charge in [-0.2, -0.15) is 5.26 Å².